The van der Waals surface area contributed by atoms with Crippen molar-refractivity contribution in [2.24, 2.45) is 5.73 Å². The molecule has 0 aliphatic heterocycles. The number of primary amides is 1. The van der Waals surface area contributed by atoms with Crippen molar-refractivity contribution in [1.29, 1.82) is 0 Å². The van der Waals surface area contributed by atoms with E-state index in [4.69, 9.17) is 11.5 Å². The summed E-state index contributed by atoms with van der Waals surface area (Å²) in [5.41, 5.74) is 12.9. The number of carbonyl (C=O) groups is 1. The van der Waals surface area contributed by atoms with Gasteiger partial charge in [0, 0.05) is 10.8 Å². The first-order valence-electron chi connectivity index (χ1n) is 6.64. The van der Waals surface area contributed by atoms with Crippen molar-refractivity contribution < 1.29 is 9.90 Å². The minimum atomic E-state index is -0.603. The third kappa shape index (κ3) is 2.09. The molecule has 2 heterocycles. The highest BCUT2D eigenvalue weighted by atomic mass is 16.3. The highest BCUT2D eigenvalue weighted by molar-refractivity contribution is 6.10. The predicted octanol–water partition coefficient (Wildman–Crippen LogP) is 1.25. The molecule has 1 aromatic carbocycles. The SMILES string of the molecule is CC(O)Cn1c2ccccc2c2cc(C(N)=O)c(N)nc21. The highest BCUT2D eigenvalue weighted by Gasteiger charge is 2.17. The molecule has 0 saturated heterocycles. The standard InChI is InChI=1S/C15H16N4O2/c1-8(20)7-19-12-5-3-2-4-9(12)10-6-11(14(17)21)13(16)18-15(10)19/h2-6,8,20H,7H2,1H3,(H2,16,18)(H2,17,21). The Morgan fingerprint density at radius 3 is 2.76 bits per heavy atom. The van der Waals surface area contributed by atoms with Crippen molar-refractivity contribution in [3.63, 3.8) is 0 Å². The Hall–Kier alpha value is -2.60. The van der Waals surface area contributed by atoms with Gasteiger partial charge in [-0.05, 0) is 19.1 Å². The van der Waals surface area contributed by atoms with E-state index in [1.165, 1.54) is 0 Å². The molecule has 108 valence electrons. The van der Waals surface area contributed by atoms with Gasteiger partial charge in [-0.15, -0.1) is 0 Å². The van der Waals surface area contributed by atoms with Gasteiger partial charge in [0.05, 0.1) is 23.7 Å². The van der Waals surface area contributed by atoms with E-state index in [9.17, 15) is 9.90 Å². The van der Waals surface area contributed by atoms with Gasteiger partial charge in [0.25, 0.3) is 5.91 Å². The number of aliphatic hydroxyl groups is 1. The number of hydrogen-bond acceptors (Lipinski definition) is 4. The largest absolute Gasteiger partial charge is 0.392 e. The average molecular weight is 284 g/mol. The fourth-order valence-corrected chi connectivity index (χ4v) is 2.62. The molecule has 3 rings (SSSR count). The normalized spacial score (nSPS) is 12.9. The molecule has 0 aliphatic carbocycles. The molecule has 0 aliphatic rings. The van der Waals surface area contributed by atoms with E-state index in [1.54, 1.807) is 13.0 Å². The third-order valence-corrected chi connectivity index (χ3v) is 3.48. The topological polar surface area (TPSA) is 107 Å². The number of rotatable bonds is 3. The maximum atomic E-state index is 11.4. The summed E-state index contributed by atoms with van der Waals surface area (Å²) >= 11 is 0. The molecular weight excluding hydrogens is 268 g/mol. The number of fused-ring (bicyclic) bond motifs is 3. The van der Waals surface area contributed by atoms with Gasteiger partial charge in [0.1, 0.15) is 11.5 Å². The molecule has 0 fully saturated rings. The number of hydrogen-bond donors (Lipinski definition) is 3. The maximum absolute atomic E-state index is 11.4. The van der Waals surface area contributed by atoms with Crippen molar-refractivity contribution >= 4 is 33.7 Å². The van der Waals surface area contributed by atoms with Crippen LogP contribution in [0, 0.1) is 0 Å². The van der Waals surface area contributed by atoms with E-state index >= 15 is 0 Å². The summed E-state index contributed by atoms with van der Waals surface area (Å²) in [4.78, 5) is 15.8. The quantitative estimate of drug-likeness (QED) is 0.672. The average Bonchev–Trinajstić information content (AvgIpc) is 2.71. The van der Waals surface area contributed by atoms with Crippen molar-refractivity contribution in [2.45, 2.75) is 19.6 Å². The summed E-state index contributed by atoms with van der Waals surface area (Å²) in [6, 6.07) is 9.38. The van der Waals surface area contributed by atoms with Crippen LogP contribution in [-0.4, -0.2) is 26.7 Å². The Labute approximate surface area is 121 Å². The molecule has 0 spiro atoms. The summed E-state index contributed by atoms with van der Waals surface area (Å²) in [7, 11) is 0. The van der Waals surface area contributed by atoms with E-state index in [0.717, 1.165) is 16.3 Å². The van der Waals surface area contributed by atoms with Gasteiger partial charge in [-0.25, -0.2) is 4.98 Å². The second kappa shape index (κ2) is 4.75. The lowest BCUT2D eigenvalue weighted by Crippen LogP contribution is -2.15. The molecule has 21 heavy (non-hydrogen) atoms. The van der Waals surface area contributed by atoms with E-state index in [2.05, 4.69) is 4.98 Å². The number of aliphatic hydroxyl groups excluding tert-OH is 1. The molecule has 0 radical (unpaired) electrons. The second-order valence-electron chi connectivity index (χ2n) is 5.13. The van der Waals surface area contributed by atoms with E-state index in [1.807, 2.05) is 28.8 Å². The predicted molar refractivity (Wildman–Crippen MR) is 81.9 cm³/mol. The fourth-order valence-electron chi connectivity index (χ4n) is 2.62. The first-order chi connectivity index (χ1) is 9.99. The van der Waals surface area contributed by atoms with Crippen LogP contribution in [0.3, 0.4) is 0 Å². The molecule has 0 saturated carbocycles. The summed E-state index contributed by atoms with van der Waals surface area (Å²) in [6.07, 6.45) is -0.525. The molecule has 6 heteroatoms. The number of nitrogens with two attached hydrogens (primary N) is 2. The van der Waals surface area contributed by atoms with Crippen LogP contribution in [0.4, 0.5) is 5.82 Å². The monoisotopic (exact) mass is 284 g/mol. The number of anilines is 1. The fraction of sp³-hybridized carbons (Fsp3) is 0.200. The Morgan fingerprint density at radius 2 is 2.10 bits per heavy atom. The zero-order valence-electron chi connectivity index (χ0n) is 11.6. The third-order valence-electron chi connectivity index (χ3n) is 3.48. The second-order valence-corrected chi connectivity index (χ2v) is 5.13. The van der Waals surface area contributed by atoms with Crippen LogP contribution in [0.5, 0.6) is 0 Å². The highest BCUT2D eigenvalue weighted by Crippen LogP contribution is 2.30. The molecule has 0 bridgehead atoms. The van der Waals surface area contributed by atoms with Crippen LogP contribution in [0.25, 0.3) is 21.9 Å². The van der Waals surface area contributed by atoms with Crippen molar-refractivity contribution in [3.05, 3.63) is 35.9 Å². The van der Waals surface area contributed by atoms with Crippen molar-refractivity contribution in [3.8, 4) is 0 Å². The van der Waals surface area contributed by atoms with Crippen LogP contribution in [0.2, 0.25) is 0 Å². The van der Waals surface area contributed by atoms with Crippen molar-refractivity contribution in [1.82, 2.24) is 9.55 Å². The lowest BCUT2D eigenvalue weighted by atomic mass is 10.1. The zero-order valence-corrected chi connectivity index (χ0v) is 11.6. The maximum Gasteiger partial charge on any atom is 0.252 e. The Morgan fingerprint density at radius 1 is 1.38 bits per heavy atom. The lowest BCUT2D eigenvalue weighted by molar-refractivity contribution is 0.100. The van der Waals surface area contributed by atoms with Gasteiger partial charge < -0.3 is 21.1 Å². The number of benzene rings is 1. The Bertz CT molecular complexity index is 852. The molecule has 5 N–H and O–H groups in total. The van der Waals surface area contributed by atoms with Crippen LogP contribution in [-0.2, 0) is 6.54 Å². The molecule has 1 atom stereocenters. The van der Waals surface area contributed by atoms with Crippen LogP contribution < -0.4 is 11.5 Å². The smallest absolute Gasteiger partial charge is 0.252 e. The molecule has 3 aromatic rings. The van der Waals surface area contributed by atoms with Gasteiger partial charge in [0.2, 0.25) is 0 Å². The minimum absolute atomic E-state index is 0.102. The van der Waals surface area contributed by atoms with Crippen molar-refractivity contribution in [2.75, 3.05) is 5.73 Å². The van der Waals surface area contributed by atoms with E-state index in [-0.39, 0.29) is 11.4 Å². The van der Waals surface area contributed by atoms with Gasteiger partial charge >= 0.3 is 0 Å². The summed E-state index contributed by atoms with van der Waals surface area (Å²) < 4.78 is 1.90. The summed E-state index contributed by atoms with van der Waals surface area (Å²) in [5.74, 6) is -0.501. The Kier molecular flexibility index (Phi) is 3.03. The van der Waals surface area contributed by atoms with Gasteiger partial charge in [-0.1, -0.05) is 18.2 Å². The lowest BCUT2D eigenvalue weighted by Gasteiger charge is -2.09. The molecule has 1 unspecified atom stereocenters. The van der Waals surface area contributed by atoms with E-state index in [0.29, 0.717) is 12.2 Å². The summed E-state index contributed by atoms with van der Waals surface area (Å²) in [5, 5.41) is 11.4. The molecule has 1 amide bonds. The first-order valence-corrected chi connectivity index (χ1v) is 6.64. The number of amides is 1. The molecule has 6 nitrogen and oxygen atoms in total. The summed E-state index contributed by atoms with van der Waals surface area (Å²) in [6.45, 7) is 2.11. The van der Waals surface area contributed by atoms with Gasteiger partial charge in [-0.2, -0.15) is 0 Å². The molecule has 2 aromatic heterocycles. The zero-order chi connectivity index (χ0) is 15.1. The number of nitrogen functional groups attached to an aromatic ring is 1. The number of nitrogens with zero attached hydrogens (tertiary/aromatic N) is 2. The van der Waals surface area contributed by atoms with Gasteiger partial charge in [-0.3, -0.25) is 4.79 Å². The number of aromatic nitrogens is 2. The van der Waals surface area contributed by atoms with E-state index < -0.39 is 12.0 Å². The Balaban J connectivity index is 2.43. The number of pyridine rings is 1. The van der Waals surface area contributed by atoms with Gasteiger partial charge in [0.15, 0.2) is 0 Å². The molecular formula is C15H16N4O2. The van der Waals surface area contributed by atoms with Crippen LogP contribution in [0.15, 0.2) is 30.3 Å². The van der Waals surface area contributed by atoms with Crippen LogP contribution >= 0.6 is 0 Å². The number of carbonyl (C=O) groups excluding carboxylic acids is 1. The number of para-hydroxylation sites is 1. The first kappa shape index (κ1) is 13.4. The minimum Gasteiger partial charge on any atom is -0.392 e. The van der Waals surface area contributed by atoms with Crippen LogP contribution in [0.1, 0.15) is 17.3 Å².